The van der Waals surface area contributed by atoms with Crippen LogP contribution in [0.4, 0.5) is 0 Å². The fourth-order valence-electron chi connectivity index (χ4n) is 2.40. The Kier molecular flexibility index (Phi) is 3.85. The zero-order valence-electron chi connectivity index (χ0n) is 11.7. The number of aromatic nitrogens is 1. The Morgan fingerprint density at radius 3 is 3.00 bits per heavy atom. The van der Waals surface area contributed by atoms with Crippen LogP contribution in [0.25, 0.3) is 11.0 Å². The molecular weight excluding hydrogens is 268 g/mol. The summed E-state index contributed by atoms with van der Waals surface area (Å²) >= 11 is 1.69. The van der Waals surface area contributed by atoms with Gasteiger partial charge in [0.05, 0.1) is 11.0 Å². The van der Waals surface area contributed by atoms with E-state index in [1.165, 1.54) is 10.9 Å². The molecule has 0 bridgehead atoms. The molecule has 2 heterocycles. The lowest BCUT2D eigenvalue weighted by Gasteiger charge is -2.13. The molecule has 0 aliphatic rings. The van der Waals surface area contributed by atoms with E-state index >= 15 is 0 Å². The first-order valence-corrected chi connectivity index (χ1v) is 7.76. The van der Waals surface area contributed by atoms with E-state index in [1.807, 2.05) is 17.6 Å². The fraction of sp³-hybridized carbons (Fsp3) is 0.312. The maximum atomic E-state index is 6.00. The van der Waals surface area contributed by atoms with Gasteiger partial charge in [-0.05, 0) is 31.7 Å². The molecule has 0 aliphatic carbocycles. The first-order chi connectivity index (χ1) is 9.76. The number of benzene rings is 1. The topological polar surface area (TPSA) is 38.1 Å². The largest absolute Gasteiger partial charge is 0.459 e. The Balaban J connectivity index is 1.92. The fourth-order valence-corrected chi connectivity index (χ4v) is 3.07. The number of hydrogen-bond acceptors (Lipinski definition) is 4. The third-order valence-corrected chi connectivity index (χ3v) is 4.15. The van der Waals surface area contributed by atoms with Gasteiger partial charge >= 0.3 is 0 Å². The standard InChI is InChI=1S/C16H18N2OS/c1-3-17-13(10-16-18-6-7-20-16)15-9-12-8-11(2)4-5-14(12)19-15/h4-9,13,17H,3,10H2,1-2H3. The van der Waals surface area contributed by atoms with E-state index in [1.54, 1.807) is 11.3 Å². The van der Waals surface area contributed by atoms with Crippen LogP contribution in [0, 0.1) is 6.92 Å². The van der Waals surface area contributed by atoms with Gasteiger partial charge in [0.1, 0.15) is 11.3 Å². The molecule has 0 spiro atoms. The number of aryl methyl sites for hydroxylation is 1. The van der Waals surface area contributed by atoms with Gasteiger partial charge < -0.3 is 9.73 Å². The average molecular weight is 286 g/mol. The summed E-state index contributed by atoms with van der Waals surface area (Å²) in [6, 6.07) is 8.61. The van der Waals surface area contributed by atoms with Gasteiger partial charge in [0.25, 0.3) is 0 Å². The lowest BCUT2D eigenvalue weighted by molar-refractivity contribution is 0.434. The van der Waals surface area contributed by atoms with E-state index in [2.05, 4.69) is 42.3 Å². The van der Waals surface area contributed by atoms with Crippen molar-refractivity contribution in [2.75, 3.05) is 6.54 Å². The quantitative estimate of drug-likeness (QED) is 0.767. The predicted molar refractivity (Wildman–Crippen MR) is 83.2 cm³/mol. The first-order valence-electron chi connectivity index (χ1n) is 6.88. The van der Waals surface area contributed by atoms with E-state index in [4.69, 9.17) is 4.42 Å². The van der Waals surface area contributed by atoms with Crippen LogP contribution in [0.3, 0.4) is 0 Å². The molecule has 0 amide bonds. The molecule has 104 valence electrons. The smallest absolute Gasteiger partial charge is 0.134 e. The number of furan rings is 1. The monoisotopic (exact) mass is 286 g/mol. The van der Waals surface area contributed by atoms with Gasteiger partial charge in [0.2, 0.25) is 0 Å². The number of nitrogens with one attached hydrogen (secondary N) is 1. The highest BCUT2D eigenvalue weighted by molar-refractivity contribution is 7.09. The van der Waals surface area contributed by atoms with Crippen LogP contribution in [-0.4, -0.2) is 11.5 Å². The maximum Gasteiger partial charge on any atom is 0.134 e. The lowest BCUT2D eigenvalue weighted by Crippen LogP contribution is -2.22. The summed E-state index contributed by atoms with van der Waals surface area (Å²) in [4.78, 5) is 4.37. The Hall–Kier alpha value is -1.65. The minimum absolute atomic E-state index is 0.179. The molecule has 3 nitrogen and oxygen atoms in total. The number of thiazole rings is 1. The molecule has 20 heavy (non-hydrogen) atoms. The van der Waals surface area contributed by atoms with Gasteiger partial charge in [-0.1, -0.05) is 18.6 Å². The number of nitrogens with zero attached hydrogens (tertiary/aromatic N) is 1. The highest BCUT2D eigenvalue weighted by Gasteiger charge is 2.17. The third kappa shape index (κ3) is 2.76. The molecule has 3 aromatic rings. The molecule has 3 rings (SSSR count). The van der Waals surface area contributed by atoms with Crippen LogP contribution in [-0.2, 0) is 6.42 Å². The lowest BCUT2D eigenvalue weighted by atomic mass is 10.1. The van der Waals surface area contributed by atoms with Crippen molar-refractivity contribution in [3.05, 3.63) is 52.2 Å². The van der Waals surface area contributed by atoms with Gasteiger partial charge in [-0.15, -0.1) is 11.3 Å². The minimum atomic E-state index is 0.179. The molecule has 0 fully saturated rings. The first kappa shape index (κ1) is 13.3. The highest BCUT2D eigenvalue weighted by atomic mass is 32.1. The second-order valence-electron chi connectivity index (χ2n) is 4.93. The summed E-state index contributed by atoms with van der Waals surface area (Å²) < 4.78 is 6.00. The van der Waals surface area contributed by atoms with Crippen molar-refractivity contribution in [1.82, 2.24) is 10.3 Å². The van der Waals surface area contributed by atoms with Crippen LogP contribution in [0.1, 0.15) is 29.3 Å². The summed E-state index contributed by atoms with van der Waals surface area (Å²) in [5, 5.41) is 7.80. The normalized spacial score (nSPS) is 12.9. The van der Waals surface area contributed by atoms with Crippen LogP contribution in [0.5, 0.6) is 0 Å². The molecule has 0 aliphatic heterocycles. The van der Waals surface area contributed by atoms with E-state index in [-0.39, 0.29) is 6.04 Å². The maximum absolute atomic E-state index is 6.00. The van der Waals surface area contributed by atoms with Crippen LogP contribution >= 0.6 is 11.3 Å². The molecule has 4 heteroatoms. The Morgan fingerprint density at radius 1 is 1.35 bits per heavy atom. The van der Waals surface area contributed by atoms with Crippen molar-refractivity contribution in [2.24, 2.45) is 0 Å². The minimum Gasteiger partial charge on any atom is -0.459 e. The Morgan fingerprint density at radius 2 is 2.25 bits per heavy atom. The van der Waals surface area contributed by atoms with Crippen LogP contribution in [0.15, 0.2) is 40.3 Å². The number of rotatable bonds is 5. The summed E-state index contributed by atoms with van der Waals surface area (Å²) in [7, 11) is 0. The van der Waals surface area contributed by atoms with Crippen molar-refractivity contribution < 1.29 is 4.42 Å². The molecular formula is C16H18N2OS. The Bertz CT molecular complexity index is 688. The summed E-state index contributed by atoms with van der Waals surface area (Å²) in [5.74, 6) is 0.989. The SMILES string of the molecule is CCNC(Cc1nccs1)c1cc2cc(C)ccc2o1. The number of likely N-dealkylation sites (N-methyl/N-ethyl adjacent to an activating group) is 1. The number of hydrogen-bond donors (Lipinski definition) is 1. The van der Waals surface area contributed by atoms with Crippen LogP contribution in [0.2, 0.25) is 0 Å². The summed E-state index contributed by atoms with van der Waals surface area (Å²) in [5.41, 5.74) is 2.21. The van der Waals surface area contributed by atoms with Crippen molar-refractivity contribution in [2.45, 2.75) is 26.3 Å². The molecule has 1 N–H and O–H groups in total. The van der Waals surface area contributed by atoms with Crippen molar-refractivity contribution >= 4 is 22.3 Å². The zero-order chi connectivity index (χ0) is 13.9. The third-order valence-electron chi connectivity index (χ3n) is 3.35. The molecule has 1 unspecified atom stereocenters. The van der Waals surface area contributed by atoms with Gasteiger partial charge in [-0.25, -0.2) is 4.98 Å². The van der Waals surface area contributed by atoms with E-state index in [9.17, 15) is 0 Å². The molecule has 0 radical (unpaired) electrons. The summed E-state index contributed by atoms with van der Waals surface area (Å²) in [6.45, 7) is 5.12. The second kappa shape index (κ2) is 5.77. The van der Waals surface area contributed by atoms with E-state index < -0.39 is 0 Å². The second-order valence-corrected chi connectivity index (χ2v) is 5.91. The van der Waals surface area contributed by atoms with Crippen LogP contribution < -0.4 is 5.32 Å². The zero-order valence-corrected chi connectivity index (χ0v) is 12.5. The van der Waals surface area contributed by atoms with Gasteiger partial charge in [0, 0.05) is 23.4 Å². The molecule has 0 saturated carbocycles. The molecule has 2 aromatic heterocycles. The van der Waals surface area contributed by atoms with Gasteiger partial charge in [-0.3, -0.25) is 0 Å². The van der Waals surface area contributed by atoms with Crippen molar-refractivity contribution in [3.63, 3.8) is 0 Å². The van der Waals surface area contributed by atoms with Gasteiger partial charge in [0.15, 0.2) is 0 Å². The summed E-state index contributed by atoms with van der Waals surface area (Å²) in [6.07, 6.45) is 2.72. The molecule has 1 atom stereocenters. The van der Waals surface area contributed by atoms with Gasteiger partial charge in [-0.2, -0.15) is 0 Å². The highest BCUT2D eigenvalue weighted by Crippen LogP contribution is 2.27. The molecule has 0 saturated heterocycles. The van der Waals surface area contributed by atoms with E-state index in [0.29, 0.717) is 0 Å². The predicted octanol–water partition coefficient (Wildman–Crippen LogP) is 4.09. The Labute approximate surface area is 122 Å². The van der Waals surface area contributed by atoms with E-state index in [0.717, 1.165) is 29.3 Å². The average Bonchev–Trinajstić information content (AvgIpc) is 3.06. The molecule has 1 aromatic carbocycles. The van der Waals surface area contributed by atoms with Crippen molar-refractivity contribution in [3.8, 4) is 0 Å². The van der Waals surface area contributed by atoms with Crippen molar-refractivity contribution in [1.29, 1.82) is 0 Å². The number of fused-ring (bicyclic) bond motifs is 1.